The van der Waals surface area contributed by atoms with Crippen LogP contribution in [0.25, 0.3) is 0 Å². The molecule has 2 atom stereocenters. The molecule has 1 N–H and O–H groups in total. The summed E-state index contributed by atoms with van der Waals surface area (Å²) in [7, 11) is 2.02. The lowest BCUT2D eigenvalue weighted by molar-refractivity contribution is -0.146. The summed E-state index contributed by atoms with van der Waals surface area (Å²) in [6.45, 7) is 15.3. The van der Waals surface area contributed by atoms with Crippen molar-refractivity contribution < 1.29 is 14.4 Å². The first-order valence-corrected chi connectivity index (χ1v) is 11.9. The Morgan fingerprint density at radius 2 is 1.52 bits per heavy atom. The zero-order chi connectivity index (χ0) is 23.4. The molecular formula is C24H44N4O3. The Balaban J connectivity index is 1.95. The van der Waals surface area contributed by atoms with E-state index in [0.29, 0.717) is 45.4 Å². The monoisotopic (exact) mass is 436 g/mol. The van der Waals surface area contributed by atoms with Crippen molar-refractivity contribution in [2.75, 3.05) is 33.2 Å². The smallest absolute Gasteiger partial charge is 0.246 e. The molecule has 0 aromatic carbocycles. The van der Waals surface area contributed by atoms with Crippen LogP contribution in [0.3, 0.4) is 0 Å². The SMILES string of the molecule is CN(CCC(=O)N1CCCC1C(=O)N1CCCC1C(=O)NCCC(C)(C)C)C(C)(C)C. The molecular weight excluding hydrogens is 392 g/mol. The number of likely N-dealkylation sites (tertiary alicyclic amines) is 2. The zero-order valence-electron chi connectivity index (χ0n) is 20.8. The van der Waals surface area contributed by atoms with E-state index in [1.54, 1.807) is 9.80 Å². The van der Waals surface area contributed by atoms with Crippen LogP contribution in [0.5, 0.6) is 0 Å². The third kappa shape index (κ3) is 7.19. The van der Waals surface area contributed by atoms with Gasteiger partial charge in [-0.25, -0.2) is 0 Å². The molecule has 2 aliphatic heterocycles. The summed E-state index contributed by atoms with van der Waals surface area (Å²) >= 11 is 0. The molecule has 7 nitrogen and oxygen atoms in total. The van der Waals surface area contributed by atoms with E-state index in [1.165, 1.54) is 0 Å². The van der Waals surface area contributed by atoms with E-state index in [0.717, 1.165) is 19.3 Å². The minimum absolute atomic E-state index is 0.00361. The molecule has 0 spiro atoms. The number of nitrogens with zero attached hydrogens (tertiary/aromatic N) is 3. The number of amides is 3. The predicted molar refractivity (Wildman–Crippen MR) is 124 cm³/mol. The minimum atomic E-state index is -0.421. The molecule has 7 heteroatoms. The van der Waals surface area contributed by atoms with Gasteiger partial charge in [-0.2, -0.15) is 0 Å². The molecule has 2 rings (SSSR count). The molecule has 0 saturated carbocycles. The first-order chi connectivity index (χ1) is 14.3. The van der Waals surface area contributed by atoms with E-state index in [-0.39, 0.29) is 28.7 Å². The molecule has 0 aliphatic carbocycles. The van der Waals surface area contributed by atoms with Gasteiger partial charge in [0.05, 0.1) is 0 Å². The summed E-state index contributed by atoms with van der Waals surface area (Å²) in [6, 6.07) is -0.826. The summed E-state index contributed by atoms with van der Waals surface area (Å²) in [5.41, 5.74) is 0.161. The number of nitrogens with one attached hydrogen (secondary N) is 1. The van der Waals surface area contributed by atoms with Gasteiger partial charge in [-0.15, -0.1) is 0 Å². The summed E-state index contributed by atoms with van der Waals surface area (Å²) in [5, 5.41) is 3.02. The highest BCUT2D eigenvalue weighted by Crippen LogP contribution is 2.26. The van der Waals surface area contributed by atoms with Gasteiger partial charge in [0.1, 0.15) is 12.1 Å². The Bertz CT molecular complexity index is 650. The highest BCUT2D eigenvalue weighted by molar-refractivity contribution is 5.93. The van der Waals surface area contributed by atoms with Crippen LogP contribution in [-0.2, 0) is 14.4 Å². The number of carbonyl (C=O) groups excluding carboxylic acids is 3. The number of carbonyl (C=O) groups is 3. The Morgan fingerprint density at radius 3 is 2.10 bits per heavy atom. The second-order valence-corrected chi connectivity index (χ2v) is 11.4. The number of hydrogen-bond acceptors (Lipinski definition) is 4. The average molecular weight is 437 g/mol. The van der Waals surface area contributed by atoms with Gasteiger partial charge in [-0.1, -0.05) is 20.8 Å². The van der Waals surface area contributed by atoms with E-state index < -0.39 is 12.1 Å². The van der Waals surface area contributed by atoms with Crippen molar-refractivity contribution in [3.05, 3.63) is 0 Å². The maximum atomic E-state index is 13.3. The van der Waals surface area contributed by atoms with Crippen LogP contribution in [-0.4, -0.2) is 83.3 Å². The number of rotatable bonds is 7. The van der Waals surface area contributed by atoms with Gasteiger partial charge in [-0.3, -0.25) is 14.4 Å². The summed E-state index contributed by atoms with van der Waals surface area (Å²) in [5.74, 6) is -0.0707. The van der Waals surface area contributed by atoms with Crippen LogP contribution in [0, 0.1) is 5.41 Å². The first-order valence-electron chi connectivity index (χ1n) is 11.9. The quantitative estimate of drug-likeness (QED) is 0.666. The van der Waals surface area contributed by atoms with Crippen LogP contribution in [0.1, 0.15) is 80.1 Å². The molecule has 2 aliphatic rings. The molecule has 2 heterocycles. The van der Waals surface area contributed by atoms with Crippen molar-refractivity contribution in [2.24, 2.45) is 5.41 Å². The van der Waals surface area contributed by atoms with Crippen molar-refractivity contribution in [1.82, 2.24) is 20.0 Å². The maximum absolute atomic E-state index is 13.3. The lowest BCUT2D eigenvalue weighted by atomic mass is 9.92. The molecule has 2 saturated heterocycles. The van der Waals surface area contributed by atoms with E-state index in [4.69, 9.17) is 0 Å². The molecule has 3 amide bonds. The standard InChI is InChI=1S/C24H44N4O3/c1-23(2,3)13-14-25-21(30)18-10-8-16-28(18)22(31)19-11-9-15-27(19)20(29)12-17-26(7)24(4,5)6/h18-19H,8-17H2,1-7H3,(H,25,30). The van der Waals surface area contributed by atoms with Crippen LogP contribution in [0.15, 0.2) is 0 Å². The number of hydrogen-bond donors (Lipinski definition) is 1. The fourth-order valence-electron chi connectivity index (χ4n) is 4.24. The second kappa shape index (κ2) is 10.3. The van der Waals surface area contributed by atoms with Crippen molar-refractivity contribution in [3.63, 3.8) is 0 Å². The molecule has 178 valence electrons. The maximum Gasteiger partial charge on any atom is 0.246 e. The van der Waals surface area contributed by atoms with E-state index in [1.807, 2.05) is 7.05 Å². The van der Waals surface area contributed by atoms with Crippen molar-refractivity contribution >= 4 is 17.7 Å². The van der Waals surface area contributed by atoms with Gasteiger partial charge < -0.3 is 20.0 Å². The van der Waals surface area contributed by atoms with E-state index >= 15 is 0 Å². The topological polar surface area (TPSA) is 73.0 Å². The molecule has 0 radical (unpaired) electrons. The van der Waals surface area contributed by atoms with Crippen LogP contribution >= 0.6 is 0 Å². The lowest BCUT2D eigenvalue weighted by Gasteiger charge is -2.33. The highest BCUT2D eigenvalue weighted by atomic mass is 16.2. The van der Waals surface area contributed by atoms with Gasteiger partial charge in [0, 0.05) is 38.1 Å². The Morgan fingerprint density at radius 1 is 0.935 bits per heavy atom. The Kier molecular flexibility index (Phi) is 8.54. The molecule has 2 unspecified atom stereocenters. The van der Waals surface area contributed by atoms with Crippen molar-refractivity contribution in [1.29, 1.82) is 0 Å². The second-order valence-electron chi connectivity index (χ2n) is 11.4. The molecule has 0 bridgehead atoms. The van der Waals surface area contributed by atoms with Crippen LogP contribution < -0.4 is 5.32 Å². The summed E-state index contributed by atoms with van der Waals surface area (Å²) in [4.78, 5) is 44.7. The van der Waals surface area contributed by atoms with Crippen molar-refractivity contribution in [3.8, 4) is 0 Å². The third-order valence-corrected chi connectivity index (χ3v) is 6.68. The summed E-state index contributed by atoms with van der Waals surface area (Å²) < 4.78 is 0. The Hall–Kier alpha value is -1.63. The predicted octanol–water partition coefficient (Wildman–Crippen LogP) is 2.64. The fourth-order valence-corrected chi connectivity index (χ4v) is 4.24. The molecule has 2 fully saturated rings. The summed E-state index contributed by atoms with van der Waals surface area (Å²) in [6.07, 6.45) is 4.37. The molecule has 0 aromatic rings. The van der Waals surface area contributed by atoms with Gasteiger partial charge in [0.25, 0.3) is 0 Å². The Labute approximate surface area is 188 Å². The third-order valence-electron chi connectivity index (χ3n) is 6.68. The van der Waals surface area contributed by atoms with Gasteiger partial charge in [0.2, 0.25) is 17.7 Å². The molecule has 0 aromatic heterocycles. The molecule has 31 heavy (non-hydrogen) atoms. The van der Waals surface area contributed by atoms with Crippen LogP contribution in [0.4, 0.5) is 0 Å². The van der Waals surface area contributed by atoms with Crippen molar-refractivity contribution in [2.45, 2.75) is 97.7 Å². The zero-order valence-corrected chi connectivity index (χ0v) is 20.8. The van der Waals surface area contributed by atoms with Gasteiger partial charge in [0.15, 0.2) is 0 Å². The largest absolute Gasteiger partial charge is 0.354 e. The van der Waals surface area contributed by atoms with E-state index in [9.17, 15) is 14.4 Å². The minimum Gasteiger partial charge on any atom is -0.354 e. The van der Waals surface area contributed by atoms with E-state index in [2.05, 4.69) is 51.8 Å². The highest BCUT2D eigenvalue weighted by Gasteiger charge is 2.42. The first kappa shape index (κ1) is 25.6. The van der Waals surface area contributed by atoms with Crippen LogP contribution in [0.2, 0.25) is 0 Å². The fraction of sp³-hybridized carbons (Fsp3) is 0.875. The lowest BCUT2D eigenvalue weighted by Crippen LogP contribution is -2.53. The average Bonchev–Trinajstić information content (AvgIpc) is 3.32. The normalized spacial score (nSPS) is 22.3. The van der Waals surface area contributed by atoms with Gasteiger partial charge in [-0.05, 0) is 65.3 Å². The van der Waals surface area contributed by atoms with Gasteiger partial charge >= 0.3 is 0 Å².